The Hall–Kier alpha value is -3.20. The van der Waals surface area contributed by atoms with Gasteiger partial charge in [-0.15, -0.1) is 10.2 Å². The molecular weight excluding hydrogens is 358 g/mol. The van der Waals surface area contributed by atoms with Crippen LogP contribution in [0.25, 0.3) is 5.69 Å². The number of anilines is 1. The molecule has 2 aromatic heterocycles. The normalized spacial score (nSPS) is 19.0. The van der Waals surface area contributed by atoms with Crippen LogP contribution in [0.15, 0.2) is 36.7 Å². The summed E-state index contributed by atoms with van der Waals surface area (Å²) in [6.07, 6.45) is 3.37. The highest BCUT2D eigenvalue weighted by Gasteiger charge is 2.31. The zero-order valence-corrected chi connectivity index (χ0v) is 16.1. The van der Waals surface area contributed by atoms with E-state index in [-0.39, 0.29) is 18.1 Å². The van der Waals surface area contributed by atoms with E-state index in [2.05, 4.69) is 58.1 Å². The number of benzene rings is 1. The summed E-state index contributed by atoms with van der Waals surface area (Å²) in [6, 6.07) is 7.49. The molecule has 3 aromatic rings. The lowest BCUT2D eigenvalue weighted by Crippen LogP contribution is -2.43. The third-order valence-electron chi connectivity index (χ3n) is 4.73. The lowest BCUT2D eigenvalue weighted by Gasteiger charge is -2.18. The highest BCUT2D eigenvalue weighted by Crippen LogP contribution is 2.20. The van der Waals surface area contributed by atoms with Crippen molar-refractivity contribution in [2.75, 3.05) is 18.5 Å². The number of ether oxygens (including phenoxy) is 1. The molecule has 0 unspecified atom stereocenters. The highest BCUT2D eigenvalue weighted by atomic mass is 16.5. The number of hydrogen-bond acceptors (Lipinski definition) is 5. The van der Waals surface area contributed by atoms with Gasteiger partial charge < -0.3 is 10.1 Å². The van der Waals surface area contributed by atoms with Crippen LogP contribution >= 0.6 is 0 Å². The Kier molecular flexibility index (Phi) is 4.82. The summed E-state index contributed by atoms with van der Waals surface area (Å²) in [5, 5.41) is 18.1. The third-order valence-corrected chi connectivity index (χ3v) is 4.73. The Bertz CT molecular complexity index is 960. The van der Waals surface area contributed by atoms with Gasteiger partial charge in [0.25, 0.3) is 0 Å². The number of carbonyl (C=O) groups excluding carboxylic acids is 1. The molecule has 28 heavy (non-hydrogen) atoms. The Morgan fingerprint density at radius 3 is 2.64 bits per heavy atom. The number of aryl methyl sites for hydroxylation is 3. The van der Waals surface area contributed by atoms with Crippen molar-refractivity contribution in [2.24, 2.45) is 0 Å². The van der Waals surface area contributed by atoms with E-state index in [0.717, 1.165) is 22.5 Å². The summed E-state index contributed by atoms with van der Waals surface area (Å²) in [7, 11) is 0. The predicted molar refractivity (Wildman–Crippen MR) is 104 cm³/mol. The SMILES string of the molecule is Cc1cc(C)cc(-n2nc(NC(=O)N[C@H]3COC[C@H]3n3ccnn3)cc2C)c1. The van der Waals surface area contributed by atoms with Gasteiger partial charge in [0.1, 0.15) is 0 Å². The van der Waals surface area contributed by atoms with Gasteiger partial charge in [-0.25, -0.2) is 14.2 Å². The molecule has 2 N–H and O–H groups in total. The van der Waals surface area contributed by atoms with E-state index in [4.69, 9.17) is 4.74 Å². The van der Waals surface area contributed by atoms with E-state index < -0.39 is 0 Å². The summed E-state index contributed by atoms with van der Waals surface area (Å²) < 4.78 is 9.03. The van der Waals surface area contributed by atoms with E-state index in [1.54, 1.807) is 17.1 Å². The number of carbonyl (C=O) groups is 1. The lowest BCUT2D eigenvalue weighted by molar-refractivity contribution is 0.181. The molecular formula is C19H23N7O2. The zero-order chi connectivity index (χ0) is 19.7. The molecule has 0 aliphatic carbocycles. The van der Waals surface area contributed by atoms with Crippen molar-refractivity contribution < 1.29 is 9.53 Å². The second-order valence-corrected chi connectivity index (χ2v) is 7.12. The Morgan fingerprint density at radius 2 is 1.93 bits per heavy atom. The fourth-order valence-electron chi connectivity index (χ4n) is 3.53. The van der Waals surface area contributed by atoms with Crippen molar-refractivity contribution in [2.45, 2.75) is 32.9 Å². The van der Waals surface area contributed by atoms with Crippen LogP contribution in [-0.4, -0.2) is 50.1 Å². The second kappa shape index (κ2) is 7.43. The number of hydrogen-bond donors (Lipinski definition) is 2. The maximum Gasteiger partial charge on any atom is 0.320 e. The van der Waals surface area contributed by atoms with Crippen LogP contribution < -0.4 is 10.6 Å². The molecule has 3 heterocycles. The molecule has 1 aliphatic rings. The van der Waals surface area contributed by atoms with Gasteiger partial charge in [-0.05, 0) is 44.0 Å². The molecule has 1 aliphatic heterocycles. The van der Waals surface area contributed by atoms with Crippen LogP contribution in [0.2, 0.25) is 0 Å². The maximum absolute atomic E-state index is 12.5. The van der Waals surface area contributed by atoms with Crippen LogP contribution in [0.5, 0.6) is 0 Å². The fourth-order valence-corrected chi connectivity index (χ4v) is 3.53. The molecule has 0 spiro atoms. The third kappa shape index (κ3) is 3.74. The van der Waals surface area contributed by atoms with Gasteiger partial charge in [0.15, 0.2) is 5.82 Å². The monoisotopic (exact) mass is 381 g/mol. The quantitative estimate of drug-likeness (QED) is 0.721. The average Bonchev–Trinajstić information content (AvgIpc) is 3.34. The van der Waals surface area contributed by atoms with Gasteiger partial charge in [-0.3, -0.25) is 5.32 Å². The molecule has 4 rings (SSSR count). The minimum Gasteiger partial charge on any atom is -0.377 e. The fraction of sp³-hybridized carbons (Fsp3) is 0.368. The van der Waals surface area contributed by atoms with Gasteiger partial charge in [0.2, 0.25) is 0 Å². The molecule has 9 heteroatoms. The van der Waals surface area contributed by atoms with Crippen LogP contribution in [-0.2, 0) is 4.74 Å². The molecule has 0 saturated carbocycles. The van der Waals surface area contributed by atoms with Crippen molar-refractivity contribution in [1.82, 2.24) is 30.1 Å². The molecule has 146 valence electrons. The highest BCUT2D eigenvalue weighted by molar-refractivity contribution is 5.88. The van der Waals surface area contributed by atoms with Crippen LogP contribution in [0.3, 0.4) is 0 Å². The Balaban J connectivity index is 1.45. The average molecular weight is 381 g/mol. The van der Waals surface area contributed by atoms with Crippen LogP contribution in [0, 0.1) is 20.8 Å². The number of nitrogens with zero attached hydrogens (tertiary/aromatic N) is 5. The molecule has 1 aromatic carbocycles. The Morgan fingerprint density at radius 1 is 1.14 bits per heavy atom. The van der Waals surface area contributed by atoms with Crippen LogP contribution in [0.4, 0.5) is 10.6 Å². The first-order valence-corrected chi connectivity index (χ1v) is 9.16. The number of aromatic nitrogens is 5. The molecule has 1 fully saturated rings. The van der Waals surface area contributed by atoms with Gasteiger partial charge >= 0.3 is 6.03 Å². The van der Waals surface area contributed by atoms with E-state index in [1.807, 2.05) is 17.7 Å². The standard InChI is InChI=1S/C19H23N7O2/c1-12-6-13(2)8-15(7-12)26-14(3)9-18(23-26)22-19(27)21-16-10-28-11-17(16)25-5-4-20-24-25/h4-9,16-17H,10-11H2,1-3H3,(H2,21,22,23,27)/t16-,17+/m0/s1. The molecule has 0 bridgehead atoms. The van der Waals surface area contributed by atoms with E-state index in [0.29, 0.717) is 19.0 Å². The lowest BCUT2D eigenvalue weighted by atomic mass is 10.1. The molecule has 0 radical (unpaired) electrons. The van der Waals surface area contributed by atoms with Crippen molar-refractivity contribution in [1.29, 1.82) is 0 Å². The molecule has 9 nitrogen and oxygen atoms in total. The first kappa shape index (κ1) is 18.2. The molecule has 2 atom stereocenters. The minimum absolute atomic E-state index is 0.0807. The Labute approximate surface area is 162 Å². The summed E-state index contributed by atoms with van der Waals surface area (Å²) >= 11 is 0. The number of amides is 2. The number of nitrogens with one attached hydrogen (secondary N) is 2. The number of urea groups is 1. The van der Waals surface area contributed by atoms with Crippen LogP contribution in [0.1, 0.15) is 22.9 Å². The predicted octanol–water partition coefficient (Wildman–Crippen LogP) is 2.15. The van der Waals surface area contributed by atoms with Crippen molar-refractivity contribution >= 4 is 11.8 Å². The largest absolute Gasteiger partial charge is 0.377 e. The summed E-state index contributed by atoms with van der Waals surface area (Å²) in [5.41, 5.74) is 4.24. The summed E-state index contributed by atoms with van der Waals surface area (Å²) in [6.45, 7) is 6.97. The second-order valence-electron chi connectivity index (χ2n) is 7.12. The summed E-state index contributed by atoms with van der Waals surface area (Å²) in [5.74, 6) is 0.491. The van der Waals surface area contributed by atoms with E-state index in [9.17, 15) is 4.79 Å². The van der Waals surface area contributed by atoms with Gasteiger partial charge in [0.05, 0.1) is 37.2 Å². The first-order valence-electron chi connectivity index (χ1n) is 9.16. The molecule has 2 amide bonds. The van der Waals surface area contributed by atoms with Gasteiger partial charge in [-0.2, -0.15) is 0 Å². The number of rotatable bonds is 4. The van der Waals surface area contributed by atoms with E-state index in [1.165, 1.54) is 0 Å². The minimum atomic E-state index is -0.328. The summed E-state index contributed by atoms with van der Waals surface area (Å²) in [4.78, 5) is 12.5. The van der Waals surface area contributed by atoms with E-state index >= 15 is 0 Å². The zero-order valence-electron chi connectivity index (χ0n) is 16.1. The first-order chi connectivity index (χ1) is 13.5. The maximum atomic E-state index is 12.5. The topological polar surface area (TPSA) is 98.9 Å². The van der Waals surface area contributed by atoms with Crippen molar-refractivity contribution in [3.05, 3.63) is 53.5 Å². The van der Waals surface area contributed by atoms with Crippen molar-refractivity contribution in [3.63, 3.8) is 0 Å². The smallest absolute Gasteiger partial charge is 0.320 e. The van der Waals surface area contributed by atoms with Crippen molar-refractivity contribution in [3.8, 4) is 5.69 Å². The van der Waals surface area contributed by atoms with Gasteiger partial charge in [-0.1, -0.05) is 11.3 Å². The van der Waals surface area contributed by atoms with Gasteiger partial charge in [0, 0.05) is 18.0 Å². The molecule has 1 saturated heterocycles.